The zero-order valence-corrected chi connectivity index (χ0v) is 22.4. The van der Waals surface area contributed by atoms with Crippen molar-refractivity contribution in [2.75, 3.05) is 13.3 Å². The fourth-order valence-electron chi connectivity index (χ4n) is 2.77. The quantitative estimate of drug-likeness (QED) is 0.505. The standard InChI is InChI=1S/C13H38O6Si5/c1-12-23(10,17-21(6,7)14)19-24(11,13-15-2)18-22(8,9)16-20(3,4)5/h14H,12-13H2,1-11H3. The Kier molecular flexibility index (Phi) is 8.99. The van der Waals surface area contributed by atoms with Gasteiger partial charge in [0.1, 0.15) is 0 Å². The summed E-state index contributed by atoms with van der Waals surface area (Å²) in [5, 5.41) is 0. The third kappa shape index (κ3) is 10.7. The summed E-state index contributed by atoms with van der Waals surface area (Å²) in [4.78, 5) is 10.2. The first-order chi connectivity index (χ1) is 10.4. The summed E-state index contributed by atoms with van der Waals surface area (Å²) in [5.74, 6) is 0. The lowest BCUT2D eigenvalue weighted by Gasteiger charge is -2.43. The van der Waals surface area contributed by atoms with Crippen molar-refractivity contribution in [1.82, 2.24) is 0 Å². The van der Waals surface area contributed by atoms with Crippen LogP contribution < -0.4 is 0 Å². The van der Waals surface area contributed by atoms with Gasteiger partial charge < -0.3 is 26.0 Å². The minimum Gasteiger partial charge on any atom is -0.437 e. The monoisotopic (exact) mass is 430 g/mol. The van der Waals surface area contributed by atoms with Crippen molar-refractivity contribution in [3.63, 3.8) is 0 Å². The lowest BCUT2D eigenvalue weighted by atomic mass is 11.0. The van der Waals surface area contributed by atoms with Crippen LogP contribution in [0.4, 0.5) is 0 Å². The van der Waals surface area contributed by atoms with Gasteiger partial charge in [-0.1, -0.05) is 6.92 Å². The van der Waals surface area contributed by atoms with Gasteiger partial charge in [0.2, 0.25) is 0 Å². The minimum absolute atomic E-state index is 0.415. The van der Waals surface area contributed by atoms with E-state index in [1.54, 1.807) is 20.2 Å². The van der Waals surface area contributed by atoms with Gasteiger partial charge in [0.25, 0.3) is 0 Å². The van der Waals surface area contributed by atoms with Gasteiger partial charge >= 0.3 is 34.2 Å². The molecule has 0 aromatic heterocycles. The van der Waals surface area contributed by atoms with Crippen LogP contribution in [0.5, 0.6) is 0 Å². The van der Waals surface area contributed by atoms with E-state index in [2.05, 4.69) is 32.7 Å². The van der Waals surface area contributed by atoms with Crippen molar-refractivity contribution < 1.29 is 26.0 Å². The molecule has 0 rings (SSSR count). The first-order valence-corrected chi connectivity index (χ1v) is 22.6. The van der Waals surface area contributed by atoms with E-state index < -0.39 is 42.6 Å². The Bertz CT molecular complexity index is 397. The molecule has 2 atom stereocenters. The van der Waals surface area contributed by atoms with Crippen molar-refractivity contribution in [2.45, 2.75) is 71.9 Å². The molecule has 11 heteroatoms. The molecule has 146 valence electrons. The van der Waals surface area contributed by atoms with Gasteiger partial charge in [-0.3, -0.25) is 0 Å². The van der Waals surface area contributed by atoms with Gasteiger partial charge in [-0.2, -0.15) is 0 Å². The van der Waals surface area contributed by atoms with Crippen molar-refractivity contribution in [3.05, 3.63) is 0 Å². The highest BCUT2D eigenvalue weighted by Crippen LogP contribution is 2.27. The van der Waals surface area contributed by atoms with E-state index in [0.717, 1.165) is 6.04 Å². The van der Waals surface area contributed by atoms with Crippen LogP contribution in [0, 0.1) is 0 Å². The van der Waals surface area contributed by atoms with Gasteiger partial charge in [-0.15, -0.1) is 0 Å². The molecular formula is C13H38O6Si5. The second-order valence-electron chi connectivity index (χ2n) is 8.42. The smallest absolute Gasteiger partial charge is 0.344 e. The fourth-order valence-corrected chi connectivity index (χ4v) is 24.5. The summed E-state index contributed by atoms with van der Waals surface area (Å²) in [7, 11) is -10.3. The Balaban J connectivity index is 5.35. The van der Waals surface area contributed by atoms with E-state index in [4.69, 9.17) is 21.2 Å². The van der Waals surface area contributed by atoms with Crippen LogP contribution in [0.15, 0.2) is 0 Å². The zero-order chi connectivity index (χ0) is 19.4. The number of hydrogen-bond acceptors (Lipinski definition) is 6. The van der Waals surface area contributed by atoms with Crippen LogP contribution in [0.25, 0.3) is 0 Å². The second kappa shape index (κ2) is 8.69. The summed E-state index contributed by atoms with van der Waals surface area (Å²) in [6.45, 7) is 20.2. The Morgan fingerprint density at radius 3 is 1.54 bits per heavy atom. The Morgan fingerprint density at radius 1 is 0.708 bits per heavy atom. The molecule has 0 aliphatic heterocycles. The fraction of sp³-hybridized carbons (Fsp3) is 1.00. The van der Waals surface area contributed by atoms with Gasteiger partial charge in [0.05, 0.1) is 6.23 Å². The highest BCUT2D eigenvalue weighted by molar-refractivity contribution is 6.90. The third-order valence-corrected chi connectivity index (χ3v) is 20.3. The van der Waals surface area contributed by atoms with E-state index in [1.165, 1.54) is 0 Å². The number of methoxy groups -OCH3 is 1. The molecule has 0 spiro atoms. The van der Waals surface area contributed by atoms with Crippen LogP contribution in [-0.2, 0) is 21.2 Å². The van der Waals surface area contributed by atoms with Gasteiger partial charge in [-0.25, -0.2) is 0 Å². The summed E-state index contributed by atoms with van der Waals surface area (Å²) in [6, 6.07) is 0.747. The average Bonchev–Trinajstić information content (AvgIpc) is 2.20. The molecular weight excluding hydrogens is 393 g/mol. The molecule has 0 fully saturated rings. The van der Waals surface area contributed by atoms with Crippen LogP contribution in [0.1, 0.15) is 6.92 Å². The number of ether oxygens (including phenoxy) is 1. The Labute approximate surface area is 153 Å². The second-order valence-corrected chi connectivity index (χ2v) is 27.1. The summed E-state index contributed by atoms with van der Waals surface area (Å²) >= 11 is 0. The van der Waals surface area contributed by atoms with E-state index in [9.17, 15) is 4.80 Å². The molecule has 0 heterocycles. The molecule has 0 aromatic carbocycles. The molecule has 0 radical (unpaired) electrons. The molecule has 0 aliphatic carbocycles. The molecule has 0 amide bonds. The van der Waals surface area contributed by atoms with Crippen molar-refractivity contribution in [1.29, 1.82) is 0 Å². The van der Waals surface area contributed by atoms with Crippen molar-refractivity contribution >= 4 is 42.6 Å². The average molecular weight is 431 g/mol. The number of rotatable bonds is 11. The molecule has 0 bridgehead atoms. The first-order valence-electron chi connectivity index (χ1n) is 8.47. The minimum atomic E-state index is -2.68. The predicted octanol–water partition coefficient (Wildman–Crippen LogP) is 3.63. The van der Waals surface area contributed by atoms with Crippen LogP contribution in [-0.4, -0.2) is 60.7 Å². The molecule has 1 N–H and O–H groups in total. The van der Waals surface area contributed by atoms with Gasteiger partial charge in [-0.05, 0) is 65.0 Å². The summed E-state index contributed by atoms with van der Waals surface area (Å²) < 4.78 is 30.7. The normalized spacial score (nSPS) is 19.0. The van der Waals surface area contributed by atoms with E-state index >= 15 is 0 Å². The highest BCUT2D eigenvalue weighted by Gasteiger charge is 2.49. The van der Waals surface area contributed by atoms with Crippen molar-refractivity contribution in [2.24, 2.45) is 0 Å². The highest BCUT2D eigenvalue weighted by atomic mass is 28.5. The molecule has 6 nitrogen and oxygen atoms in total. The van der Waals surface area contributed by atoms with Crippen LogP contribution in [0.2, 0.25) is 65.0 Å². The maximum Gasteiger partial charge on any atom is 0.344 e. The Hall–Kier alpha value is 0.844. The largest absolute Gasteiger partial charge is 0.437 e. The van der Waals surface area contributed by atoms with E-state index in [-0.39, 0.29) is 0 Å². The SMILES string of the molecule is CC[Si](C)(O[Si](C)(C)O)O[Si](C)(COC)O[Si](C)(C)O[Si](C)(C)C. The molecule has 0 aliphatic rings. The van der Waals surface area contributed by atoms with Crippen LogP contribution >= 0.6 is 0 Å². The predicted molar refractivity (Wildman–Crippen MR) is 110 cm³/mol. The molecule has 2 unspecified atom stereocenters. The van der Waals surface area contributed by atoms with Gasteiger partial charge in [0.15, 0.2) is 8.32 Å². The van der Waals surface area contributed by atoms with Gasteiger partial charge in [0, 0.05) is 7.11 Å². The topological polar surface area (TPSA) is 66.4 Å². The molecule has 0 saturated heterocycles. The zero-order valence-electron chi connectivity index (χ0n) is 17.4. The van der Waals surface area contributed by atoms with E-state index in [0.29, 0.717) is 6.23 Å². The molecule has 0 saturated carbocycles. The summed E-state index contributed by atoms with van der Waals surface area (Å²) in [6.07, 6.45) is 0.415. The molecule has 24 heavy (non-hydrogen) atoms. The third-order valence-electron chi connectivity index (χ3n) is 2.96. The molecule has 0 aromatic rings. The maximum absolute atomic E-state index is 10.2. The lowest BCUT2D eigenvalue weighted by molar-refractivity contribution is 0.190. The van der Waals surface area contributed by atoms with Crippen molar-refractivity contribution in [3.8, 4) is 0 Å². The number of hydrogen-bond donors (Lipinski definition) is 1. The van der Waals surface area contributed by atoms with E-state index in [1.807, 2.05) is 20.0 Å². The Morgan fingerprint density at radius 2 is 1.21 bits per heavy atom. The lowest BCUT2D eigenvalue weighted by Crippen LogP contribution is -2.62. The maximum atomic E-state index is 10.2. The van der Waals surface area contributed by atoms with Crippen LogP contribution in [0.3, 0.4) is 0 Å². The summed E-state index contributed by atoms with van der Waals surface area (Å²) in [5.41, 5.74) is 0. The first kappa shape index (κ1) is 24.8.